The molecular weight excluding hydrogens is 941 g/mol. The van der Waals surface area contributed by atoms with Crippen LogP contribution in [0, 0.1) is 15.5 Å². The molecule has 16 nitrogen and oxygen atoms in total. The zero-order valence-electron chi connectivity index (χ0n) is 38.2. The molecule has 3 N–H and O–H groups in total. The normalized spacial score (nSPS) is 18.0. The van der Waals surface area contributed by atoms with Gasteiger partial charge >= 0.3 is 6.18 Å². The summed E-state index contributed by atoms with van der Waals surface area (Å²) >= 11 is 6.54. The summed E-state index contributed by atoms with van der Waals surface area (Å²) in [6.45, 7) is 10.3. The van der Waals surface area contributed by atoms with Gasteiger partial charge in [-0.05, 0) is 90.8 Å². The molecule has 1 aliphatic carbocycles. The molecular formula is C48H52ClF3N8O8S. The van der Waals surface area contributed by atoms with Gasteiger partial charge in [0.1, 0.15) is 22.8 Å². The molecule has 2 fully saturated rings. The Bertz CT molecular complexity index is 2920. The second-order valence-electron chi connectivity index (χ2n) is 18.3. The van der Waals surface area contributed by atoms with Crippen molar-refractivity contribution in [3.63, 3.8) is 0 Å². The van der Waals surface area contributed by atoms with Crippen molar-refractivity contribution < 1.29 is 45.6 Å². The number of fused-ring (bicyclic) bond motifs is 1. The monoisotopic (exact) mass is 992 g/mol. The minimum absolute atomic E-state index is 0.0336. The smallest absolute Gasteiger partial charge is 0.416 e. The number of H-pyrrole nitrogens is 1. The van der Waals surface area contributed by atoms with E-state index in [1.807, 2.05) is 0 Å². The Labute approximate surface area is 402 Å². The predicted octanol–water partition coefficient (Wildman–Crippen LogP) is 8.89. The van der Waals surface area contributed by atoms with Crippen LogP contribution in [-0.4, -0.2) is 110 Å². The molecule has 2 amide bonds. The van der Waals surface area contributed by atoms with Crippen LogP contribution in [0.25, 0.3) is 16.6 Å². The van der Waals surface area contributed by atoms with Gasteiger partial charge in [-0.15, -0.1) is 0 Å². The third kappa shape index (κ3) is 11.6. The summed E-state index contributed by atoms with van der Waals surface area (Å²) in [4.78, 5) is 50.2. The minimum Gasteiger partial charge on any atom is -0.455 e. The maximum Gasteiger partial charge on any atom is 0.416 e. The topological polar surface area (TPSA) is 192 Å². The van der Waals surface area contributed by atoms with Crippen LogP contribution in [0.5, 0.6) is 11.5 Å². The Morgan fingerprint density at radius 1 is 1.04 bits per heavy atom. The standard InChI is InChI=1S/C48H52ClF3N8O8S/c1-30(61)59-20-21-67-35(29-59)12-15-53-42-9-6-37(25-43(42)60(63)64)69(65,66)56-46(62)39-8-5-34(24-44(39)68-36-22-31-11-14-54-45(31)55-27-36)58-18-16-57(17-19-58)28-32-10-13-47(2,3)26-40(32)38-7-4-33(23-41(38)49)48(50,51)52/h4-9,11,14,22-25,27,35,53H,10,12-13,15-21,26,28-29H2,1-3H3,(H,54,55)(H,56,62). The summed E-state index contributed by atoms with van der Waals surface area (Å²) in [7, 11) is -4.66. The Kier molecular flexibility index (Phi) is 14.3. The van der Waals surface area contributed by atoms with Gasteiger partial charge in [-0.1, -0.05) is 37.1 Å². The second-order valence-corrected chi connectivity index (χ2v) is 20.4. The number of amides is 2. The van der Waals surface area contributed by atoms with Gasteiger partial charge in [-0.25, -0.2) is 18.1 Å². The van der Waals surface area contributed by atoms with Gasteiger partial charge in [0.25, 0.3) is 21.6 Å². The number of aromatic amines is 1. The highest BCUT2D eigenvalue weighted by Gasteiger charge is 2.34. The molecule has 2 aromatic heterocycles. The largest absolute Gasteiger partial charge is 0.455 e. The zero-order chi connectivity index (χ0) is 49.3. The number of anilines is 2. The fraction of sp³-hybridized carbons (Fsp3) is 0.396. The number of alkyl halides is 3. The lowest BCUT2D eigenvalue weighted by atomic mass is 9.72. The van der Waals surface area contributed by atoms with Crippen molar-refractivity contribution in [2.75, 3.05) is 69.2 Å². The van der Waals surface area contributed by atoms with Gasteiger partial charge in [-0.3, -0.25) is 24.6 Å². The second kappa shape index (κ2) is 20.0. The molecule has 69 heavy (non-hydrogen) atoms. The van der Waals surface area contributed by atoms with Crippen molar-refractivity contribution >= 4 is 67.1 Å². The SMILES string of the molecule is CC(=O)N1CCOC(CCNc2ccc(S(=O)(=O)NC(=O)c3ccc(N4CCN(CC5=C(c6ccc(C(F)(F)F)cc6Cl)CC(C)(C)CC5)CC4)cc3Oc3cnc4[nH]ccc4c3)cc2[N+](=O)[O-])C1. The third-order valence-corrected chi connectivity index (χ3v) is 14.5. The Morgan fingerprint density at radius 2 is 1.83 bits per heavy atom. The molecule has 1 atom stereocenters. The van der Waals surface area contributed by atoms with E-state index in [0.29, 0.717) is 82.2 Å². The molecule has 2 aliphatic heterocycles. The first-order valence-corrected chi connectivity index (χ1v) is 24.4. The van der Waals surface area contributed by atoms with Gasteiger partial charge in [0.05, 0.1) is 39.9 Å². The van der Waals surface area contributed by atoms with Gasteiger partial charge in [0.15, 0.2) is 0 Å². The van der Waals surface area contributed by atoms with Crippen LogP contribution in [0.2, 0.25) is 5.02 Å². The summed E-state index contributed by atoms with van der Waals surface area (Å²) in [5.41, 5.74) is 2.61. The minimum atomic E-state index is -4.66. The van der Waals surface area contributed by atoms with E-state index in [9.17, 15) is 41.3 Å². The first-order valence-electron chi connectivity index (χ1n) is 22.5. The molecule has 3 aromatic carbocycles. The number of nitro benzene ring substituents is 1. The van der Waals surface area contributed by atoms with Gasteiger partial charge < -0.3 is 29.6 Å². The van der Waals surface area contributed by atoms with E-state index in [4.69, 9.17) is 21.1 Å². The number of sulfonamides is 1. The lowest BCUT2D eigenvalue weighted by Crippen LogP contribution is -2.47. The van der Waals surface area contributed by atoms with Crippen LogP contribution in [0.4, 0.5) is 30.2 Å². The van der Waals surface area contributed by atoms with E-state index in [1.165, 1.54) is 31.3 Å². The van der Waals surface area contributed by atoms with Crippen LogP contribution in [-0.2, 0) is 25.7 Å². The van der Waals surface area contributed by atoms with Crippen molar-refractivity contribution in [3.8, 4) is 11.5 Å². The molecule has 1 unspecified atom stereocenters. The number of carbonyl (C=O) groups excluding carboxylic acids is 2. The quantitative estimate of drug-likeness (QED) is 0.0708. The highest BCUT2D eigenvalue weighted by molar-refractivity contribution is 7.90. The van der Waals surface area contributed by atoms with Gasteiger partial charge in [0.2, 0.25) is 5.91 Å². The van der Waals surface area contributed by atoms with E-state index in [2.05, 4.69) is 43.7 Å². The molecule has 0 spiro atoms. The summed E-state index contributed by atoms with van der Waals surface area (Å²) in [5, 5.41) is 15.9. The molecule has 3 aliphatic rings. The van der Waals surface area contributed by atoms with E-state index in [-0.39, 0.29) is 51.7 Å². The summed E-state index contributed by atoms with van der Waals surface area (Å²) in [5.74, 6) is -0.804. The van der Waals surface area contributed by atoms with E-state index in [0.717, 1.165) is 53.6 Å². The maximum atomic E-state index is 14.0. The van der Waals surface area contributed by atoms with Crippen molar-refractivity contribution in [1.29, 1.82) is 0 Å². The number of pyridine rings is 1. The number of piperazine rings is 1. The molecule has 5 aromatic rings. The third-order valence-electron chi connectivity index (χ3n) is 12.8. The molecule has 21 heteroatoms. The molecule has 0 bridgehead atoms. The molecule has 0 radical (unpaired) electrons. The molecule has 8 rings (SSSR count). The highest BCUT2D eigenvalue weighted by atomic mass is 35.5. The van der Waals surface area contributed by atoms with Gasteiger partial charge in [-0.2, -0.15) is 13.2 Å². The number of rotatable bonds is 14. The van der Waals surface area contributed by atoms with Crippen LogP contribution >= 0.6 is 11.6 Å². The number of nitro groups is 1. The Hall–Kier alpha value is -6.22. The number of hydrogen-bond acceptors (Lipinski definition) is 12. The van der Waals surface area contributed by atoms with E-state index in [1.54, 1.807) is 35.4 Å². The van der Waals surface area contributed by atoms with Crippen LogP contribution in [0.15, 0.2) is 89.6 Å². The number of aromatic nitrogens is 2. The van der Waals surface area contributed by atoms with Crippen LogP contribution < -0.4 is 19.7 Å². The maximum absolute atomic E-state index is 14.0. The Morgan fingerprint density at radius 3 is 2.55 bits per heavy atom. The fourth-order valence-corrected chi connectivity index (χ4v) is 10.3. The number of nitrogens with one attached hydrogen (secondary N) is 3. The highest BCUT2D eigenvalue weighted by Crippen LogP contribution is 2.46. The first kappa shape index (κ1) is 49.2. The number of nitrogens with zero attached hydrogens (tertiary/aromatic N) is 5. The molecule has 4 heterocycles. The van der Waals surface area contributed by atoms with Gasteiger partial charge in [0, 0.05) is 93.7 Å². The number of benzene rings is 3. The first-order chi connectivity index (χ1) is 32.7. The number of ether oxygens (including phenoxy) is 2. The fourth-order valence-electron chi connectivity index (χ4n) is 9.01. The molecule has 366 valence electrons. The lowest BCUT2D eigenvalue weighted by molar-refractivity contribution is -0.384. The number of allylic oxidation sites excluding steroid dienone is 1. The van der Waals surface area contributed by atoms with Crippen molar-refractivity contribution in [2.45, 2.75) is 63.6 Å². The van der Waals surface area contributed by atoms with Crippen LogP contribution in [0.1, 0.15) is 67.9 Å². The average Bonchev–Trinajstić information content (AvgIpc) is 3.77. The summed E-state index contributed by atoms with van der Waals surface area (Å²) in [6, 6.07) is 15.2. The summed E-state index contributed by atoms with van der Waals surface area (Å²) < 4.78 is 82.1. The number of carbonyl (C=O) groups is 2. The summed E-state index contributed by atoms with van der Waals surface area (Å²) in [6.07, 6.45) is 1.20. The van der Waals surface area contributed by atoms with E-state index < -0.39 is 43.2 Å². The van der Waals surface area contributed by atoms with Crippen molar-refractivity contribution in [1.82, 2.24) is 24.5 Å². The zero-order valence-corrected chi connectivity index (χ0v) is 39.8. The Balaban J connectivity index is 0.984. The molecule has 2 saturated heterocycles. The molecule has 0 saturated carbocycles. The van der Waals surface area contributed by atoms with E-state index >= 15 is 0 Å². The lowest BCUT2D eigenvalue weighted by Gasteiger charge is -2.39. The average molecular weight is 994 g/mol. The van der Waals surface area contributed by atoms with Crippen molar-refractivity contribution in [3.05, 3.63) is 117 Å². The number of hydrogen-bond donors (Lipinski definition) is 3. The predicted molar refractivity (Wildman–Crippen MR) is 255 cm³/mol. The number of halogens is 4. The number of morpholine rings is 1. The van der Waals surface area contributed by atoms with Crippen molar-refractivity contribution in [2.24, 2.45) is 5.41 Å². The van der Waals surface area contributed by atoms with Crippen LogP contribution in [0.3, 0.4) is 0 Å².